The summed E-state index contributed by atoms with van der Waals surface area (Å²) in [5.41, 5.74) is 9.17. The maximum atomic E-state index is 11.7. The van der Waals surface area contributed by atoms with Crippen LogP contribution in [0.3, 0.4) is 0 Å². The highest BCUT2D eigenvalue weighted by atomic mass is 16.1. The van der Waals surface area contributed by atoms with Crippen molar-refractivity contribution in [2.45, 2.75) is 57.8 Å². The van der Waals surface area contributed by atoms with Gasteiger partial charge in [-0.2, -0.15) is 4.57 Å². The number of nitrogens with two attached hydrogens (primary N) is 1. The molecular weight excluding hydrogens is 310 g/mol. The number of pyridine rings is 2. The van der Waals surface area contributed by atoms with Crippen LogP contribution >= 0.6 is 0 Å². The van der Waals surface area contributed by atoms with Crippen LogP contribution in [0.4, 0.5) is 0 Å². The predicted molar refractivity (Wildman–Crippen MR) is 98.2 cm³/mol. The molecule has 1 amide bonds. The van der Waals surface area contributed by atoms with Gasteiger partial charge in [-0.15, -0.1) is 0 Å². The van der Waals surface area contributed by atoms with Gasteiger partial charge in [-0.3, -0.25) is 9.78 Å². The van der Waals surface area contributed by atoms with Crippen molar-refractivity contribution in [1.82, 2.24) is 4.98 Å². The predicted octanol–water partition coefficient (Wildman–Crippen LogP) is 3.29. The van der Waals surface area contributed by atoms with Gasteiger partial charge >= 0.3 is 0 Å². The smallest absolute Gasteiger partial charge is 0.232 e. The molecule has 2 aromatic rings. The van der Waals surface area contributed by atoms with Crippen molar-refractivity contribution in [2.24, 2.45) is 11.7 Å². The van der Waals surface area contributed by atoms with Crippen molar-refractivity contribution in [3.63, 3.8) is 0 Å². The first kappa shape index (κ1) is 17.6. The first-order valence-electron chi connectivity index (χ1n) is 9.48. The molecule has 2 bridgehead atoms. The molecule has 0 spiro atoms. The second kappa shape index (κ2) is 8.75. The van der Waals surface area contributed by atoms with Gasteiger partial charge in [0.05, 0.1) is 0 Å². The van der Waals surface area contributed by atoms with Gasteiger partial charge < -0.3 is 5.73 Å². The minimum Gasteiger partial charge on any atom is -0.369 e. The SMILES string of the molecule is NC(=O)C1CCCCCCCc2ncccc2-[n+]2cccc(c2)CC1. The summed E-state index contributed by atoms with van der Waals surface area (Å²) in [6.07, 6.45) is 15.6. The van der Waals surface area contributed by atoms with E-state index in [1.807, 2.05) is 12.3 Å². The van der Waals surface area contributed by atoms with Crippen LogP contribution in [0.15, 0.2) is 42.9 Å². The highest BCUT2D eigenvalue weighted by Crippen LogP contribution is 2.19. The van der Waals surface area contributed by atoms with Crippen LogP contribution in [-0.4, -0.2) is 10.9 Å². The summed E-state index contributed by atoms with van der Waals surface area (Å²) in [5.74, 6) is -0.157. The van der Waals surface area contributed by atoms with E-state index in [2.05, 4.69) is 40.1 Å². The molecule has 1 atom stereocenters. The van der Waals surface area contributed by atoms with Crippen molar-refractivity contribution in [3.05, 3.63) is 54.1 Å². The molecular formula is C21H28N3O+. The van der Waals surface area contributed by atoms with Crippen molar-refractivity contribution < 1.29 is 9.36 Å². The van der Waals surface area contributed by atoms with E-state index in [1.165, 1.54) is 24.8 Å². The van der Waals surface area contributed by atoms with E-state index in [-0.39, 0.29) is 11.8 Å². The van der Waals surface area contributed by atoms with Gasteiger partial charge in [-0.1, -0.05) is 25.7 Å². The van der Waals surface area contributed by atoms with Crippen molar-refractivity contribution >= 4 is 5.91 Å². The minimum atomic E-state index is -0.150. The normalized spacial score (nSPS) is 19.3. The highest BCUT2D eigenvalue weighted by molar-refractivity contribution is 5.76. The summed E-state index contributed by atoms with van der Waals surface area (Å²) >= 11 is 0. The average molecular weight is 338 g/mol. The molecule has 132 valence electrons. The van der Waals surface area contributed by atoms with E-state index in [4.69, 9.17) is 5.73 Å². The summed E-state index contributed by atoms with van der Waals surface area (Å²) < 4.78 is 2.16. The second-order valence-corrected chi connectivity index (χ2v) is 7.03. The van der Waals surface area contributed by atoms with Gasteiger partial charge in [-0.25, -0.2) is 0 Å². The first-order valence-corrected chi connectivity index (χ1v) is 9.48. The number of amides is 1. The van der Waals surface area contributed by atoms with Gasteiger partial charge in [0.25, 0.3) is 0 Å². The minimum absolute atomic E-state index is 0.00672. The molecule has 4 heteroatoms. The van der Waals surface area contributed by atoms with Crippen LogP contribution in [-0.2, 0) is 17.6 Å². The van der Waals surface area contributed by atoms with E-state index >= 15 is 0 Å². The van der Waals surface area contributed by atoms with Crippen molar-refractivity contribution in [1.29, 1.82) is 0 Å². The lowest BCUT2D eigenvalue weighted by atomic mass is 9.93. The quantitative estimate of drug-likeness (QED) is 0.811. The van der Waals surface area contributed by atoms with Gasteiger partial charge in [-0.05, 0) is 44.2 Å². The maximum Gasteiger partial charge on any atom is 0.232 e. The number of carbonyl (C=O) groups excluding carboxylic acids is 1. The topological polar surface area (TPSA) is 59.9 Å². The van der Waals surface area contributed by atoms with Crippen LogP contribution < -0.4 is 10.3 Å². The van der Waals surface area contributed by atoms with Gasteiger partial charge in [0.15, 0.2) is 12.4 Å². The molecule has 0 saturated carbocycles. The lowest BCUT2D eigenvalue weighted by Crippen LogP contribution is -2.32. The Kier molecular flexibility index (Phi) is 6.15. The lowest BCUT2D eigenvalue weighted by Gasteiger charge is -2.12. The number of hydrogen-bond acceptors (Lipinski definition) is 2. The Morgan fingerprint density at radius 2 is 1.88 bits per heavy atom. The molecule has 3 rings (SSSR count). The molecule has 2 aromatic heterocycles. The Bertz CT molecular complexity index is 714. The zero-order valence-electron chi connectivity index (χ0n) is 14.9. The molecule has 1 unspecified atom stereocenters. The lowest BCUT2D eigenvalue weighted by molar-refractivity contribution is -0.597. The molecule has 3 heterocycles. The number of hydrogen-bond donors (Lipinski definition) is 1. The number of nitrogens with zero attached hydrogens (tertiary/aromatic N) is 2. The summed E-state index contributed by atoms with van der Waals surface area (Å²) in [5, 5.41) is 0. The van der Waals surface area contributed by atoms with E-state index in [0.717, 1.165) is 49.9 Å². The van der Waals surface area contributed by atoms with Gasteiger partial charge in [0, 0.05) is 29.8 Å². The zero-order chi connectivity index (χ0) is 17.5. The number of rotatable bonds is 1. The Labute approximate surface area is 150 Å². The summed E-state index contributed by atoms with van der Waals surface area (Å²) in [7, 11) is 0. The largest absolute Gasteiger partial charge is 0.369 e. The molecule has 2 N–H and O–H groups in total. The third kappa shape index (κ3) is 4.88. The molecule has 1 aliphatic heterocycles. The van der Waals surface area contributed by atoms with Crippen molar-refractivity contribution in [3.8, 4) is 5.69 Å². The Balaban J connectivity index is 1.87. The highest BCUT2D eigenvalue weighted by Gasteiger charge is 2.18. The fraction of sp³-hybridized carbons (Fsp3) is 0.476. The number of aryl methyl sites for hydroxylation is 2. The number of fused-ring (bicyclic) bond motifs is 4. The molecule has 25 heavy (non-hydrogen) atoms. The standard InChI is InChI=1S/C21H27N3O/c22-21(25)18-9-4-2-1-3-5-10-19-20(11-6-14-23-19)24-15-7-8-17(16-24)12-13-18/h6-8,11,14-16,18H,1-5,9-10,12-13H2,(H-,22,25)/p+1. The van der Waals surface area contributed by atoms with E-state index in [9.17, 15) is 4.79 Å². The van der Waals surface area contributed by atoms with Gasteiger partial charge in [0.2, 0.25) is 11.6 Å². The Morgan fingerprint density at radius 1 is 1.04 bits per heavy atom. The van der Waals surface area contributed by atoms with Crippen LogP contribution in [0.1, 0.15) is 56.2 Å². The maximum absolute atomic E-state index is 11.7. The number of aromatic nitrogens is 2. The van der Waals surface area contributed by atoms with Crippen LogP contribution in [0, 0.1) is 5.92 Å². The Morgan fingerprint density at radius 3 is 2.76 bits per heavy atom. The summed E-state index contributed by atoms with van der Waals surface area (Å²) in [4.78, 5) is 16.4. The fourth-order valence-corrected chi connectivity index (χ4v) is 3.66. The number of carbonyl (C=O) groups is 1. The average Bonchev–Trinajstić information content (AvgIpc) is 2.63. The molecule has 0 fully saturated rings. The molecule has 0 saturated heterocycles. The molecule has 0 radical (unpaired) electrons. The molecule has 1 aliphatic rings. The van der Waals surface area contributed by atoms with E-state index in [1.54, 1.807) is 0 Å². The molecule has 0 aromatic carbocycles. The summed E-state index contributed by atoms with van der Waals surface area (Å²) in [6, 6.07) is 8.33. The Hall–Kier alpha value is -2.23. The van der Waals surface area contributed by atoms with Crippen LogP contribution in [0.2, 0.25) is 0 Å². The van der Waals surface area contributed by atoms with Crippen molar-refractivity contribution in [2.75, 3.05) is 0 Å². The summed E-state index contributed by atoms with van der Waals surface area (Å²) in [6.45, 7) is 0. The fourth-order valence-electron chi connectivity index (χ4n) is 3.66. The molecule has 0 aliphatic carbocycles. The van der Waals surface area contributed by atoms with Gasteiger partial charge in [0.1, 0.15) is 5.69 Å². The molecule has 4 nitrogen and oxygen atoms in total. The van der Waals surface area contributed by atoms with E-state index in [0.29, 0.717) is 0 Å². The van der Waals surface area contributed by atoms with Crippen LogP contribution in [0.5, 0.6) is 0 Å². The number of primary amides is 1. The van der Waals surface area contributed by atoms with Crippen LogP contribution in [0.25, 0.3) is 5.69 Å². The monoisotopic (exact) mass is 338 g/mol. The second-order valence-electron chi connectivity index (χ2n) is 7.03. The van der Waals surface area contributed by atoms with E-state index < -0.39 is 0 Å². The third-order valence-electron chi connectivity index (χ3n) is 5.16. The third-order valence-corrected chi connectivity index (χ3v) is 5.16. The zero-order valence-corrected chi connectivity index (χ0v) is 14.9. The first-order chi connectivity index (χ1) is 12.2.